The second kappa shape index (κ2) is 7.27. The Hall–Kier alpha value is -1.38. The Morgan fingerprint density at radius 1 is 1.26 bits per heavy atom. The molecule has 0 aliphatic heterocycles. The number of rotatable bonds is 7. The van der Waals surface area contributed by atoms with Gasteiger partial charge in [0.2, 0.25) is 10.0 Å². The molecule has 1 aromatic carbocycles. The van der Waals surface area contributed by atoms with Gasteiger partial charge in [-0.3, -0.25) is 0 Å². The fourth-order valence-corrected chi connectivity index (χ4v) is 3.06. The summed E-state index contributed by atoms with van der Waals surface area (Å²) in [5, 5.41) is 8.97. The Morgan fingerprint density at radius 2 is 1.95 bits per heavy atom. The molecule has 4 nitrogen and oxygen atoms in total. The molecule has 0 spiro atoms. The van der Waals surface area contributed by atoms with Crippen LogP contribution in [0.2, 0.25) is 0 Å². The first-order valence-electron chi connectivity index (χ1n) is 6.43. The zero-order valence-corrected chi connectivity index (χ0v) is 12.3. The van der Waals surface area contributed by atoms with Gasteiger partial charge in [0, 0.05) is 13.6 Å². The van der Waals surface area contributed by atoms with Crippen molar-refractivity contribution in [2.75, 3.05) is 13.6 Å². The highest BCUT2D eigenvalue weighted by molar-refractivity contribution is 7.88. The molecule has 0 aromatic heterocycles. The molecule has 0 amide bonds. The van der Waals surface area contributed by atoms with Gasteiger partial charge in [-0.1, -0.05) is 38.0 Å². The largest absolute Gasteiger partial charge is 0.218 e. The summed E-state index contributed by atoms with van der Waals surface area (Å²) >= 11 is 0. The molecule has 0 bridgehead atoms. The zero-order valence-electron chi connectivity index (χ0n) is 11.5. The maximum atomic E-state index is 12.2. The summed E-state index contributed by atoms with van der Waals surface area (Å²) in [6.07, 6.45) is 2.95. The lowest BCUT2D eigenvalue weighted by molar-refractivity contribution is 0.453. The highest BCUT2D eigenvalue weighted by Crippen LogP contribution is 2.14. The van der Waals surface area contributed by atoms with Crippen LogP contribution < -0.4 is 0 Å². The minimum Gasteiger partial charge on any atom is -0.212 e. The lowest BCUT2D eigenvalue weighted by atomic mass is 10.1. The first-order chi connectivity index (χ1) is 9.01. The summed E-state index contributed by atoms with van der Waals surface area (Å²) in [6.45, 7) is 2.61. The van der Waals surface area contributed by atoms with E-state index in [9.17, 15) is 8.42 Å². The van der Waals surface area contributed by atoms with Crippen LogP contribution in [0.25, 0.3) is 0 Å². The quantitative estimate of drug-likeness (QED) is 0.721. The fourth-order valence-electron chi connectivity index (χ4n) is 1.79. The van der Waals surface area contributed by atoms with Gasteiger partial charge in [0.05, 0.1) is 17.4 Å². The predicted molar refractivity (Wildman–Crippen MR) is 75.9 cm³/mol. The summed E-state index contributed by atoms with van der Waals surface area (Å²) in [5.41, 5.74) is 0.986. The minimum atomic E-state index is -3.34. The van der Waals surface area contributed by atoms with Crippen molar-refractivity contribution in [2.45, 2.75) is 31.9 Å². The van der Waals surface area contributed by atoms with Crippen LogP contribution in [-0.2, 0) is 15.8 Å². The Morgan fingerprint density at radius 3 is 2.58 bits per heavy atom. The molecule has 0 heterocycles. The first kappa shape index (κ1) is 15.7. The van der Waals surface area contributed by atoms with Crippen LogP contribution in [0.5, 0.6) is 0 Å². The van der Waals surface area contributed by atoms with E-state index in [2.05, 4.69) is 6.92 Å². The SMILES string of the molecule is CCCCCN(C)S(=O)(=O)Cc1ccccc1C#N. The topological polar surface area (TPSA) is 61.2 Å². The van der Waals surface area contributed by atoms with E-state index >= 15 is 0 Å². The maximum absolute atomic E-state index is 12.2. The molecule has 5 heteroatoms. The molecule has 0 N–H and O–H groups in total. The van der Waals surface area contributed by atoms with Crippen molar-refractivity contribution in [1.29, 1.82) is 5.26 Å². The standard InChI is InChI=1S/C14H20N2O2S/c1-3-4-7-10-16(2)19(17,18)12-14-9-6-5-8-13(14)11-15/h5-6,8-9H,3-4,7,10,12H2,1-2H3. The van der Waals surface area contributed by atoms with Crippen LogP contribution in [0.4, 0.5) is 0 Å². The molecule has 0 fully saturated rings. The van der Waals surface area contributed by atoms with Gasteiger partial charge in [0.15, 0.2) is 0 Å². The van der Waals surface area contributed by atoms with Gasteiger partial charge in [0.1, 0.15) is 0 Å². The van der Waals surface area contributed by atoms with Crippen LogP contribution in [0.1, 0.15) is 37.3 Å². The predicted octanol–water partition coefficient (Wildman–Crippen LogP) is 2.51. The van der Waals surface area contributed by atoms with Crippen molar-refractivity contribution in [3.05, 3.63) is 35.4 Å². The van der Waals surface area contributed by atoms with Crippen LogP contribution in [0, 0.1) is 11.3 Å². The van der Waals surface area contributed by atoms with Crippen molar-refractivity contribution < 1.29 is 8.42 Å². The summed E-state index contributed by atoms with van der Waals surface area (Å²) in [5.74, 6) is -0.112. The molecule has 0 atom stereocenters. The number of hydrogen-bond acceptors (Lipinski definition) is 3. The van der Waals surface area contributed by atoms with E-state index in [1.54, 1.807) is 31.3 Å². The number of benzene rings is 1. The fraction of sp³-hybridized carbons (Fsp3) is 0.500. The second-order valence-corrected chi connectivity index (χ2v) is 6.63. The molecule has 1 aromatic rings. The van der Waals surface area contributed by atoms with E-state index in [4.69, 9.17) is 5.26 Å². The Kier molecular flexibility index (Phi) is 6.00. The molecule has 0 saturated heterocycles. The average molecular weight is 280 g/mol. The van der Waals surface area contributed by atoms with E-state index < -0.39 is 10.0 Å². The summed E-state index contributed by atoms with van der Waals surface area (Å²) < 4.78 is 25.7. The Labute approximate surface area is 115 Å². The maximum Gasteiger partial charge on any atom is 0.218 e. The van der Waals surface area contributed by atoms with E-state index in [0.717, 1.165) is 19.3 Å². The third-order valence-electron chi connectivity index (χ3n) is 3.03. The molecule has 0 saturated carbocycles. The van der Waals surface area contributed by atoms with Gasteiger partial charge in [-0.25, -0.2) is 12.7 Å². The lowest BCUT2D eigenvalue weighted by Gasteiger charge is -2.17. The molecular formula is C14H20N2O2S. The van der Waals surface area contributed by atoms with Gasteiger partial charge in [0.25, 0.3) is 0 Å². The highest BCUT2D eigenvalue weighted by Gasteiger charge is 2.19. The van der Waals surface area contributed by atoms with Crippen molar-refractivity contribution in [3.8, 4) is 6.07 Å². The summed E-state index contributed by atoms with van der Waals surface area (Å²) in [7, 11) is -1.75. The molecule has 1 rings (SSSR count). The number of sulfonamides is 1. The highest BCUT2D eigenvalue weighted by atomic mass is 32.2. The van der Waals surface area contributed by atoms with E-state index in [1.807, 2.05) is 6.07 Å². The molecule has 104 valence electrons. The van der Waals surface area contributed by atoms with Crippen molar-refractivity contribution in [2.24, 2.45) is 0 Å². The van der Waals surface area contributed by atoms with E-state index in [0.29, 0.717) is 17.7 Å². The van der Waals surface area contributed by atoms with Crippen LogP contribution in [0.15, 0.2) is 24.3 Å². The van der Waals surface area contributed by atoms with E-state index in [1.165, 1.54) is 4.31 Å². The molecule has 0 radical (unpaired) electrons. The Balaban J connectivity index is 2.76. The third-order valence-corrected chi connectivity index (χ3v) is 4.84. The van der Waals surface area contributed by atoms with Crippen molar-refractivity contribution >= 4 is 10.0 Å². The Bertz CT molecular complexity index is 547. The van der Waals surface area contributed by atoms with Crippen LogP contribution in [-0.4, -0.2) is 26.3 Å². The smallest absolute Gasteiger partial charge is 0.212 e. The van der Waals surface area contributed by atoms with Crippen molar-refractivity contribution in [1.82, 2.24) is 4.31 Å². The zero-order chi connectivity index (χ0) is 14.3. The van der Waals surface area contributed by atoms with Gasteiger partial charge in [-0.2, -0.15) is 5.26 Å². The molecule has 0 aliphatic carbocycles. The summed E-state index contributed by atoms with van der Waals surface area (Å²) in [4.78, 5) is 0. The number of unbranched alkanes of at least 4 members (excludes halogenated alkanes) is 2. The van der Waals surface area contributed by atoms with Gasteiger partial charge in [-0.05, 0) is 18.1 Å². The molecular weight excluding hydrogens is 260 g/mol. The first-order valence-corrected chi connectivity index (χ1v) is 8.04. The molecule has 19 heavy (non-hydrogen) atoms. The van der Waals surface area contributed by atoms with E-state index in [-0.39, 0.29) is 5.75 Å². The van der Waals surface area contributed by atoms with Crippen molar-refractivity contribution in [3.63, 3.8) is 0 Å². The monoisotopic (exact) mass is 280 g/mol. The van der Waals surface area contributed by atoms with Gasteiger partial charge < -0.3 is 0 Å². The minimum absolute atomic E-state index is 0.112. The van der Waals surface area contributed by atoms with Gasteiger partial charge in [-0.15, -0.1) is 0 Å². The lowest BCUT2D eigenvalue weighted by Crippen LogP contribution is -2.29. The van der Waals surface area contributed by atoms with Gasteiger partial charge >= 0.3 is 0 Å². The number of nitrogens with zero attached hydrogens (tertiary/aromatic N) is 2. The van der Waals surface area contributed by atoms with Crippen LogP contribution >= 0.6 is 0 Å². The normalized spacial score (nSPS) is 11.5. The summed E-state index contributed by atoms with van der Waals surface area (Å²) in [6, 6.07) is 8.85. The third kappa shape index (κ3) is 4.66. The molecule has 0 unspecified atom stereocenters. The second-order valence-electron chi connectivity index (χ2n) is 4.55. The number of nitriles is 1. The average Bonchev–Trinajstić information content (AvgIpc) is 2.39. The van der Waals surface area contributed by atoms with Crippen LogP contribution in [0.3, 0.4) is 0 Å². The number of hydrogen-bond donors (Lipinski definition) is 0. The molecule has 0 aliphatic rings.